The standard InChI is InChI=1S/C11H9F3O3/c1-2-17-10(16)8-4-3-7(6-15)5-9(8)11(12,13)14/h3-6H,2H2,1H3. The van der Waals surface area contributed by atoms with Crippen LogP contribution in [-0.2, 0) is 10.9 Å². The van der Waals surface area contributed by atoms with Crippen LogP contribution >= 0.6 is 0 Å². The van der Waals surface area contributed by atoms with Crippen molar-refractivity contribution in [1.82, 2.24) is 0 Å². The maximum atomic E-state index is 12.6. The first-order valence-electron chi connectivity index (χ1n) is 4.73. The molecule has 17 heavy (non-hydrogen) atoms. The summed E-state index contributed by atoms with van der Waals surface area (Å²) in [6.07, 6.45) is -4.43. The fraction of sp³-hybridized carbons (Fsp3) is 0.273. The van der Waals surface area contributed by atoms with Crippen LogP contribution in [0.2, 0.25) is 0 Å². The van der Waals surface area contributed by atoms with E-state index in [4.69, 9.17) is 0 Å². The molecule has 0 fully saturated rings. The number of ether oxygens (including phenoxy) is 1. The summed E-state index contributed by atoms with van der Waals surface area (Å²) in [5.74, 6) is -1.06. The third kappa shape index (κ3) is 3.05. The molecule has 0 saturated carbocycles. The molecule has 1 rings (SSSR count). The van der Waals surface area contributed by atoms with Gasteiger partial charge in [0.25, 0.3) is 0 Å². The van der Waals surface area contributed by atoms with E-state index in [-0.39, 0.29) is 18.5 Å². The van der Waals surface area contributed by atoms with Gasteiger partial charge in [-0.15, -0.1) is 0 Å². The number of hydrogen-bond donors (Lipinski definition) is 0. The van der Waals surface area contributed by atoms with Crippen molar-refractivity contribution in [3.63, 3.8) is 0 Å². The van der Waals surface area contributed by atoms with Crippen LogP contribution < -0.4 is 0 Å². The lowest BCUT2D eigenvalue weighted by Crippen LogP contribution is -2.15. The van der Waals surface area contributed by atoms with Gasteiger partial charge in [-0.25, -0.2) is 4.79 Å². The maximum absolute atomic E-state index is 12.6. The van der Waals surface area contributed by atoms with E-state index in [2.05, 4.69) is 4.74 Å². The second-order valence-corrected chi connectivity index (χ2v) is 3.14. The van der Waals surface area contributed by atoms with E-state index in [1.165, 1.54) is 6.92 Å². The zero-order chi connectivity index (χ0) is 13.1. The summed E-state index contributed by atoms with van der Waals surface area (Å²) < 4.78 is 42.4. The normalized spacial score (nSPS) is 11.1. The molecule has 6 heteroatoms. The highest BCUT2D eigenvalue weighted by Gasteiger charge is 2.35. The number of alkyl halides is 3. The minimum atomic E-state index is -4.71. The Morgan fingerprint density at radius 2 is 2.06 bits per heavy atom. The van der Waals surface area contributed by atoms with Crippen molar-refractivity contribution in [2.24, 2.45) is 0 Å². The van der Waals surface area contributed by atoms with Gasteiger partial charge in [0.05, 0.1) is 17.7 Å². The monoisotopic (exact) mass is 246 g/mol. The molecule has 0 atom stereocenters. The predicted molar refractivity (Wildman–Crippen MR) is 52.8 cm³/mol. The van der Waals surface area contributed by atoms with Crippen molar-refractivity contribution in [1.29, 1.82) is 0 Å². The van der Waals surface area contributed by atoms with Crippen LogP contribution in [-0.4, -0.2) is 18.9 Å². The first-order valence-corrected chi connectivity index (χ1v) is 4.73. The Bertz CT molecular complexity index is 438. The Hall–Kier alpha value is -1.85. The molecule has 0 spiro atoms. The summed E-state index contributed by atoms with van der Waals surface area (Å²) in [5, 5.41) is 0. The molecule has 1 aromatic rings. The molecule has 0 aliphatic heterocycles. The van der Waals surface area contributed by atoms with Crippen LogP contribution in [0.3, 0.4) is 0 Å². The van der Waals surface area contributed by atoms with Crippen LogP contribution in [0.5, 0.6) is 0 Å². The molecule has 0 aliphatic rings. The van der Waals surface area contributed by atoms with Crippen LogP contribution in [0.1, 0.15) is 33.2 Å². The summed E-state index contributed by atoms with van der Waals surface area (Å²) in [5.41, 5.74) is -1.91. The molecule has 92 valence electrons. The van der Waals surface area contributed by atoms with Gasteiger partial charge in [-0.3, -0.25) is 4.79 Å². The lowest BCUT2D eigenvalue weighted by molar-refractivity contribution is -0.138. The fourth-order valence-electron chi connectivity index (χ4n) is 1.26. The van der Waals surface area contributed by atoms with Crippen molar-refractivity contribution in [3.8, 4) is 0 Å². The van der Waals surface area contributed by atoms with Crippen molar-refractivity contribution in [3.05, 3.63) is 34.9 Å². The van der Waals surface area contributed by atoms with Gasteiger partial charge in [0.15, 0.2) is 0 Å². The molecule has 0 amide bonds. The molecular weight excluding hydrogens is 237 g/mol. The van der Waals surface area contributed by atoms with Gasteiger partial charge in [0.1, 0.15) is 6.29 Å². The van der Waals surface area contributed by atoms with E-state index in [0.29, 0.717) is 6.07 Å². The lowest BCUT2D eigenvalue weighted by atomic mass is 10.0. The lowest BCUT2D eigenvalue weighted by Gasteiger charge is -2.12. The van der Waals surface area contributed by atoms with Crippen molar-refractivity contribution in [2.45, 2.75) is 13.1 Å². The average Bonchev–Trinajstić information content (AvgIpc) is 2.27. The quantitative estimate of drug-likeness (QED) is 0.608. The second kappa shape index (κ2) is 4.99. The van der Waals surface area contributed by atoms with E-state index in [9.17, 15) is 22.8 Å². The summed E-state index contributed by atoms with van der Waals surface area (Å²) >= 11 is 0. The third-order valence-corrected chi connectivity index (χ3v) is 1.98. The largest absolute Gasteiger partial charge is 0.462 e. The van der Waals surface area contributed by atoms with Crippen LogP contribution in [0.25, 0.3) is 0 Å². The number of carbonyl (C=O) groups excluding carboxylic acids is 2. The van der Waals surface area contributed by atoms with Gasteiger partial charge in [0.2, 0.25) is 0 Å². The summed E-state index contributed by atoms with van der Waals surface area (Å²) in [4.78, 5) is 21.7. The molecule has 0 bridgehead atoms. The topological polar surface area (TPSA) is 43.4 Å². The third-order valence-electron chi connectivity index (χ3n) is 1.98. The number of carbonyl (C=O) groups is 2. The van der Waals surface area contributed by atoms with E-state index in [1.54, 1.807) is 0 Å². The first-order chi connectivity index (χ1) is 7.90. The van der Waals surface area contributed by atoms with E-state index in [0.717, 1.165) is 12.1 Å². The van der Waals surface area contributed by atoms with E-state index in [1.807, 2.05) is 0 Å². The van der Waals surface area contributed by atoms with Crippen LogP contribution in [0.4, 0.5) is 13.2 Å². The Morgan fingerprint density at radius 3 is 2.53 bits per heavy atom. The Kier molecular flexibility index (Phi) is 3.88. The molecule has 0 aromatic heterocycles. The maximum Gasteiger partial charge on any atom is 0.417 e. The number of esters is 1. The molecule has 0 radical (unpaired) electrons. The summed E-state index contributed by atoms with van der Waals surface area (Å²) in [6, 6.07) is 2.69. The Labute approximate surface area is 95.2 Å². The SMILES string of the molecule is CCOC(=O)c1ccc(C=O)cc1C(F)(F)F. The number of benzene rings is 1. The molecule has 0 saturated heterocycles. The van der Waals surface area contributed by atoms with Gasteiger partial charge in [0, 0.05) is 5.56 Å². The first kappa shape index (κ1) is 13.2. The molecule has 3 nitrogen and oxygen atoms in total. The van der Waals surface area contributed by atoms with Crippen LogP contribution in [0.15, 0.2) is 18.2 Å². The number of hydrogen-bond acceptors (Lipinski definition) is 3. The van der Waals surface area contributed by atoms with Crippen molar-refractivity contribution >= 4 is 12.3 Å². The van der Waals surface area contributed by atoms with Gasteiger partial charge in [-0.2, -0.15) is 13.2 Å². The molecule has 0 N–H and O–H groups in total. The predicted octanol–water partition coefficient (Wildman–Crippen LogP) is 2.69. The minimum absolute atomic E-state index is 0.0223. The average molecular weight is 246 g/mol. The summed E-state index contributed by atoms with van der Waals surface area (Å²) in [7, 11) is 0. The zero-order valence-electron chi connectivity index (χ0n) is 8.88. The Balaban J connectivity index is 3.30. The smallest absolute Gasteiger partial charge is 0.417 e. The van der Waals surface area contributed by atoms with Gasteiger partial charge in [-0.1, -0.05) is 6.07 Å². The number of aldehydes is 1. The van der Waals surface area contributed by atoms with E-state index >= 15 is 0 Å². The highest BCUT2D eigenvalue weighted by Crippen LogP contribution is 2.32. The fourth-order valence-corrected chi connectivity index (χ4v) is 1.26. The highest BCUT2D eigenvalue weighted by molar-refractivity contribution is 5.92. The number of rotatable bonds is 3. The molecular formula is C11H9F3O3. The Morgan fingerprint density at radius 1 is 1.41 bits per heavy atom. The van der Waals surface area contributed by atoms with Gasteiger partial charge < -0.3 is 4.74 Å². The number of halogens is 3. The minimum Gasteiger partial charge on any atom is -0.462 e. The van der Waals surface area contributed by atoms with E-state index < -0.39 is 23.3 Å². The van der Waals surface area contributed by atoms with Crippen molar-refractivity contribution < 1.29 is 27.5 Å². The van der Waals surface area contributed by atoms with Gasteiger partial charge >= 0.3 is 12.1 Å². The zero-order valence-corrected chi connectivity index (χ0v) is 8.88. The second-order valence-electron chi connectivity index (χ2n) is 3.14. The molecule has 0 unspecified atom stereocenters. The van der Waals surface area contributed by atoms with Crippen molar-refractivity contribution in [2.75, 3.05) is 6.61 Å². The van der Waals surface area contributed by atoms with Crippen LogP contribution in [0, 0.1) is 0 Å². The summed E-state index contributed by atoms with van der Waals surface area (Å²) in [6.45, 7) is 1.47. The van der Waals surface area contributed by atoms with Gasteiger partial charge in [-0.05, 0) is 19.1 Å². The molecule has 1 aromatic carbocycles. The molecule has 0 aliphatic carbocycles. The molecule has 0 heterocycles. The highest BCUT2D eigenvalue weighted by atomic mass is 19.4.